The lowest BCUT2D eigenvalue weighted by molar-refractivity contribution is 0.606. The molecule has 0 bridgehead atoms. The largest absolute Gasteiger partial charge is 0.360 e. The molecule has 5 rings (SSSR count). The molecule has 7 nitrogen and oxygen atoms in total. The lowest BCUT2D eigenvalue weighted by Gasteiger charge is -2.27. The molecule has 0 saturated carbocycles. The van der Waals surface area contributed by atoms with E-state index in [4.69, 9.17) is 4.98 Å². The topological polar surface area (TPSA) is 92.3 Å². The molecule has 5 aromatic rings. The maximum atomic E-state index is 4.75. The van der Waals surface area contributed by atoms with E-state index in [1.54, 1.807) is 12.4 Å². The van der Waals surface area contributed by atoms with Gasteiger partial charge >= 0.3 is 0 Å². The summed E-state index contributed by atoms with van der Waals surface area (Å²) in [5.74, 6) is 0.735. The number of aromatic nitrogens is 6. The number of aromatic amines is 1. The number of nitrogens with one attached hydrogen (secondary N) is 2. The van der Waals surface area contributed by atoms with Crippen LogP contribution in [0, 0.1) is 0 Å². The minimum atomic E-state index is -0.266. The molecule has 0 unspecified atom stereocenters. The zero-order valence-electron chi connectivity index (χ0n) is 16.1. The van der Waals surface area contributed by atoms with Gasteiger partial charge < -0.3 is 5.32 Å². The van der Waals surface area contributed by atoms with Gasteiger partial charge in [0.15, 0.2) is 5.65 Å². The summed E-state index contributed by atoms with van der Waals surface area (Å²) in [6.07, 6.45) is 5.04. The number of hydrogen-bond donors (Lipinski definition) is 2. The summed E-state index contributed by atoms with van der Waals surface area (Å²) in [5, 5.41) is 11.3. The molecular weight excluding hydrogens is 362 g/mol. The number of nitrogens with zero attached hydrogens (tertiary/aromatic N) is 5. The van der Waals surface area contributed by atoms with Crippen molar-refractivity contribution in [2.45, 2.75) is 19.4 Å². The monoisotopic (exact) mass is 381 g/mol. The Kier molecular flexibility index (Phi) is 3.94. The molecule has 3 aromatic heterocycles. The summed E-state index contributed by atoms with van der Waals surface area (Å²) in [6.45, 7) is 4.26. The zero-order valence-corrected chi connectivity index (χ0v) is 16.1. The molecule has 0 atom stereocenters. The Hall–Kier alpha value is -3.87. The SMILES string of the molecule is CC(C)(Nc1cnc2cc(-c3ncnc4[nH]ncc34)ccc2n1)c1ccccc1. The molecule has 0 saturated heterocycles. The van der Waals surface area contributed by atoms with Gasteiger partial charge in [-0.1, -0.05) is 36.4 Å². The third kappa shape index (κ3) is 3.16. The fraction of sp³-hybridized carbons (Fsp3) is 0.136. The van der Waals surface area contributed by atoms with E-state index in [0.29, 0.717) is 5.65 Å². The molecule has 2 N–H and O–H groups in total. The van der Waals surface area contributed by atoms with Crippen LogP contribution >= 0.6 is 0 Å². The lowest BCUT2D eigenvalue weighted by atomic mass is 9.94. The van der Waals surface area contributed by atoms with Crippen LogP contribution in [0.15, 0.2) is 67.3 Å². The van der Waals surface area contributed by atoms with Crippen molar-refractivity contribution >= 4 is 27.9 Å². The van der Waals surface area contributed by atoms with E-state index in [2.05, 4.69) is 56.4 Å². The molecule has 3 heterocycles. The second-order valence-corrected chi connectivity index (χ2v) is 7.43. The number of fused-ring (bicyclic) bond motifs is 2. The van der Waals surface area contributed by atoms with Crippen molar-refractivity contribution in [1.82, 2.24) is 30.1 Å². The van der Waals surface area contributed by atoms with Gasteiger partial charge in [0, 0.05) is 5.56 Å². The Morgan fingerprint density at radius 3 is 2.62 bits per heavy atom. The van der Waals surface area contributed by atoms with Crippen LogP contribution in [0.5, 0.6) is 0 Å². The van der Waals surface area contributed by atoms with Crippen LogP contribution in [0.2, 0.25) is 0 Å². The predicted molar refractivity (Wildman–Crippen MR) is 113 cm³/mol. The summed E-state index contributed by atoms with van der Waals surface area (Å²) in [5.41, 5.74) is 5.03. The van der Waals surface area contributed by atoms with Crippen molar-refractivity contribution in [3.05, 3.63) is 72.8 Å². The third-order valence-corrected chi connectivity index (χ3v) is 5.00. The average Bonchev–Trinajstić information content (AvgIpc) is 3.23. The van der Waals surface area contributed by atoms with Gasteiger partial charge in [0.25, 0.3) is 0 Å². The molecule has 0 aliphatic heterocycles. The van der Waals surface area contributed by atoms with Crippen LogP contribution in [0.3, 0.4) is 0 Å². The maximum absolute atomic E-state index is 4.75. The zero-order chi connectivity index (χ0) is 19.8. The highest BCUT2D eigenvalue weighted by Crippen LogP contribution is 2.28. The van der Waals surface area contributed by atoms with Crippen LogP contribution in [-0.4, -0.2) is 30.1 Å². The first-order valence-corrected chi connectivity index (χ1v) is 9.35. The van der Waals surface area contributed by atoms with Crippen molar-refractivity contribution in [2.75, 3.05) is 5.32 Å². The van der Waals surface area contributed by atoms with Crippen molar-refractivity contribution in [1.29, 1.82) is 0 Å². The Morgan fingerprint density at radius 1 is 0.897 bits per heavy atom. The summed E-state index contributed by atoms with van der Waals surface area (Å²) < 4.78 is 0. The van der Waals surface area contributed by atoms with E-state index >= 15 is 0 Å². The van der Waals surface area contributed by atoms with Crippen LogP contribution in [0.25, 0.3) is 33.3 Å². The number of hydrogen-bond acceptors (Lipinski definition) is 6. The molecular formula is C22H19N7. The number of H-pyrrole nitrogens is 1. The second-order valence-electron chi connectivity index (χ2n) is 7.43. The van der Waals surface area contributed by atoms with E-state index in [-0.39, 0.29) is 5.54 Å². The molecule has 0 aliphatic carbocycles. The van der Waals surface area contributed by atoms with Crippen molar-refractivity contribution in [2.24, 2.45) is 0 Å². The maximum Gasteiger partial charge on any atom is 0.159 e. The smallest absolute Gasteiger partial charge is 0.159 e. The Balaban J connectivity index is 1.49. The fourth-order valence-corrected chi connectivity index (χ4v) is 3.46. The quantitative estimate of drug-likeness (QED) is 0.482. The Bertz CT molecular complexity index is 1310. The van der Waals surface area contributed by atoms with Gasteiger partial charge in [0.05, 0.1) is 40.0 Å². The minimum Gasteiger partial charge on any atom is -0.360 e. The van der Waals surface area contributed by atoms with E-state index in [1.807, 2.05) is 36.4 Å². The normalized spacial score (nSPS) is 11.8. The van der Waals surface area contributed by atoms with Crippen LogP contribution in [0.4, 0.5) is 5.82 Å². The van der Waals surface area contributed by atoms with E-state index < -0.39 is 0 Å². The third-order valence-electron chi connectivity index (χ3n) is 5.00. The molecule has 7 heteroatoms. The summed E-state index contributed by atoms with van der Waals surface area (Å²) in [6, 6.07) is 16.3. The highest BCUT2D eigenvalue weighted by molar-refractivity contribution is 5.92. The number of anilines is 1. The van der Waals surface area contributed by atoms with Gasteiger partial charge in [-0.2, -0.15) is 5.10 Å². The molecule has 0 amide bonds. The van der Waals surface area contributed by atoms with Gasteiger partial charge in [-0.15, -0.1) is 0 Å². The Morgan fingerprint density at radius 2 is 1.76 bits per heavy atom. The molecule has 29 heavy (non-hydrogen) atoms. The van der Waals surface area contributed by atoms with Gasteiger partial charge in [-0.3, -0.25) is 10.1 Å². The first kappa shape index (κ1) is 17.2. The molecule has 0 spiro atoms. The first-order valence-electron chi connectivity index (χ1n) is 9.35. The van der Waals surface area contributed by atoms with Crippen molar-refractivity contribution in [3.63, 3.8) is 0 Å². The summed E-state index contributed by atoms with van der Waals surface area (Å²) >= 11 is 0. The van der Waals surface area contributed by atoms with Crippen LogP contribution in [-0.2, 0) is 5.54 Å². The van der Waals surface area contributed by atoms with Crippen molar-refractivity contribution in [3.8, 4) is 11.3 Å². The van der Waals surface area contributed by atoms with Gasteiger partial charge in [-0.25, -0.2) is 15.0 Å². The minimum absolute atomic E-state index is 0.266. The molecule has 0 fully saturated rings. The second kappa shape index (κ2) is 6.63. The van der Waals surface area contributed by atoms with E-state index in [1.165, 1.54) is 11.9 Å². The molecule has 0 radical (unpaired) electrons. The number of rotatable bonds is 4. The average molecular weight is 381 g/mol. The van der Waals surface area contributed by atoms with Gasteiger partial charge in [0.1, 0.15) is 12.1 Å². The Labute approximate surface area is 167 Å². The van der Waals surface area contributed by atoms with E-state index in [9.17, 15) is 0 Å². The highest BCUT2D eigenvalue weighted by atomic mass is 15.1. The van der Waals surface area contributed by atoms with Crippen LogP contribution < -0.4 is 5.32 Å². The standard InChI is InChI=1S/C22H19N7/c1-22(2,15-6-4-3-5-7-15)28-19-12-23-18-10-14(8-9-17(18)27-19)20-16-11-26-29-21(16)25-13-24-20/h3-13H,1-2H3,(H,27,28)(H,24,25,26,29). The number of benzene rings is 2. The van der Waals surface area contributed by atoms with Gasteiger partial charge in [-0.05, 0) is 31.5 Å². The molecule has 0 aliphatic rings. The van der Waals surface area contributed by atoms with Crippen molar-refractivity contribution < 1.29 is 0 Å². The summed E-state index contributed by atoms with van der Waals surface area (Å²) in [7, 11) is 0. The fourth-order valence-electron chi connectivity index (χ4n) is 3.46. The molecule has 2 aromatic carbocycles. The van der Waals surface area contributed by atoms with Gasteiger partial charge in [0.2, 0.25) is 0 Å². The first-order chi connectivity index (χ1) is 14.1. The predicted octanol–water partition coefficient (Wildman–Crippen LogP) is 4.31. The highest BCUT2D eigenvalue weighted by Gasteiger charge is 2.20. The summed E-state index contributed by atoms with van der Waals surface area (Å²) in [4.78, 5) is 18.0. The molecule has 142 valence electrons. The van der Waals surface area contributed by atoms with E-state index in [0.717, 1.165) is 33.5 Å². The van der Waals surface area contributed by atoms with Crippen LogP contribution in [0.1, 0.15) is 19.4 Å². The lowest BCUT2D eigenvalue weighted by Crippen LogP contribution is -2.28.